The summed E-state index contributed by atoms with van der Waals surface area (Å²) in [7, 11) is 0. The third kappa shape index (κ3) is 13.1. The van der Waals surface area contributed by atoms with E-state index in [0.29, 0.717) is 0 Å². The van der Waals surface area contributed by atoms with Crippen molar-refractivity contribution in [2.75, 3.05) is 39.3 Å². The first-order valence-corrected chi connectivity index (χ1v) is 5.64. The normalized spacial score (nSPS) is 10.1. The first-order valence-electron chi connectivity index (χ1n) is 5.64. The molecule has 0 aromatic carbocycles. The van der Waals surface area contributed by atoms with Gasteiger partial charge in [0.1, 0.15) is 6.54 Å². The minimum absolute atomic E-state index is 0. The molecule has 10 nitrogen and oxygen atoms in total. The third-order valence-corrected chi connectivity index (χ3v) is 2.24. The molecule has 22 heavy (non-hydrogen) atoms. The summed E-state index contributed by atoms with van der Waals surface area (Å²) in [5.74, 6) is -5.42. The first kappa shape index (κ1) is 23.6. The van der Waals surface area contributed by atoms with Gasteiger partial charge in [-0.2, -0.15) is 0 Å². The largest absolute Gasteiger partial charge is 1.00 e. The molecule has 120 valence electrons. The number of carboxylic acid groups (broad SMARTS) is 3. The Bertz CT molecular complexity index is 392. The van der Waals surface area contributed by atoms with E-state index in [-0.39, 0.29) is 64.5 Å². The van der Waals surface area contributed by atoms with Gasteiger partial charge in [-0.25, -0.2) is 4.79 Å². The van der Waals surface area contributed by atoms with Gasteiger partial charge in [0.25, 0.3) is 0 Å². The van der Waals surface area contributed by atoms with E-state index in [9.17, 15) is 28.8 Å². The summed E-state index contributed by atoms with van der Waals surface area (Å²) in [6, 6.07) is 0. The van der Waals surface area contributed by atoms with Gasteiger partial charge in [-0.1, -0.05) is 0 Å². The molecule has 0 unspecified atom stereocenters. The minimum Gasteiger partial charge on any atom is -0.549 e. The quantitative estimate of drug-likeness (QED) is 0.346. The Balaban J connectivity index is 0. The Kier molecular flexibility index (Phi) is 13.8. The zero-order valence-electron chi connectivity index (χ0n) is 11.9. The summed E-state index contributed by atoms with van der Waals surface area (Å²) in [6.07, 6.45) is 0. The minimum atomic E-state index is -1.54. The van der Waals surface area contributed by atoms with Crippen molar-refractivity contribution in [2.45, 2.75) is 0 Å². The standard InChI is InChI=1S/C10H15FN2O8.K/c11-21-10(20)6-13(5-9(18)19)2-1-12(3-7(14)15)4-8(16)17;/h1-6H2,(H,14,15)(H,16,17)(H,18,19);/q;+1/p-1. The van der Waals surface area contributed by atoms with Crippen molar-refractivity contribution in [3.63, 3.8) is 0 Å². The van der Waals surface area contributed by atoms with Gasteiger partial charge in [0, 0.05) is 24.2 Å². The number of hydrogen-bond donors (Lipinski definition) is 2. The number of halogens is 1. The van der Waals surface area contributed by atoms with E-state index in [0.717, 1.165) is 9.80 Å². The molecule has 0 saturated heterocycles. The molecule has 0 aliphatic rings. The maximum atomic E-state index is 11.6. The van der Waals surface area contributed by atoms with Crippen LogP contribution < -0.4 is 56.5 Å². The zero-order chi connectivity index (χ0) is 16.4. The zero-order valence-corrected chi connectivity index (χ0v) is 15.0. The Morgan fingerprint density at radius 2 is 1.32 bits per heavy atom. The van der Waals surface area contributed by atoms with E-state index < -0.39 is 50.1 Å². The second-order valence-electron chi connectivity index (χ2n) is 4.03. The second-order valence-corrected chi connectivity index (χ2v) is 4.03. The average molecular weight is 348 g/mol. The fourth-order valence-electron chi connectivity index (χ4n) is 1.48. The number of rotatable bonds is 11. The van der Waals surface area contributed by atoms with E-state index in [1.165, 1.54) is 0 Å². The molecule has 0 aliphatic heterocycles. The Morgan fingerprint density at radius 3 is 1.64 bits per heavy atom. The van der Waals surface area contributed by atoms with E-state index in [2.05, 4.69) is 4.94 Å². The maximum absolute atomic E-state index is 11.6. The molecule has 0 saturated carbocycles. The van der Waals surface area contributed by atoms with Crippen LogP contribution in [-0.4, -0.2) is 83.2 Å². The molecule has 0 atom stereocenters. The average Bonchev–Trinajstić information content (AvgIpc) is 2.33. The number of carbonyl (C=O) groups excluding carboxylic acids is 2. The molecule has 2 N–H and O–H groups in total. The van der Waals surface area contributed by atoms with Crippen molar-refractivity contribution in [1.29, 1.82) is 0 Å². The van der Waals surface area contributed by atoms with Gasteiger partial charge in [-0.15, -0.1) is 0 Å². The number of carbonyl (C=O) groups is 4. The van der Waals surface area contributed by atoms with E-state index in [4.69, 9.17) is 10.2 Å². The number of nitrogens with zero attached hydrogens (tertiary/aromatic N) is 2. The molecule has 0 heterocycles. The molecule has 0 bridgehead atoms. The fourth-order valence-corrected chi connectivity index (χ4v) is 1.48. The number of aliphatic carboxylic acids is 3. The van der Waals surface area contributed by atoms with E-state index in [1.54, 1.807) is 0 Å². The topological polar surface area (TPSA) is 148 Å². The van der Waals surface area contributed by atoms with Crippen LogP contribution in [0.4, 0.5) is 4.53 Å². The van der Waals surface area contributed by atoms with Crippen LogP contribution in [0.15, 0.2) is 0 Å². The molecular weight excluding hydrogens is 334 g/mol. The molecule has 0 fully saturated rings. The molecule has 0 spiro atoms. The molecule has 0 aliphatic carbocycles. The van der Waals surface area contributed by atoms with Crippen LogP contribution in [0.5, 0.6) is 0 Å². The molecule has 0 aromatic heterocycles. The fraction of sp³-hybridized carbons (Fsp3) is 0.600. The number of carboxylic acids is 3. The molecule has 0 amide bonds. The Labute approximate surface area is 167 Å². The molecule has 0 rings (SSSR count). The van der Waals surface area contributed by atoms with Gasteiger partial charge in [0.2, 0.25) is 0 Å². The Hall–Kier alpha value is -0.634. The Morgan fingerprint density at radius 1 is 0.909 bits per heavy atom. The van der Waals surface area contributed by atoms with E-state index in [1.807, 2.05) is 0 Å². The van der Waals surface area contributed by atoms with Crippen LogP contribution >= 0.6 is 0 Å². The predicted molar refractivity (Wildman–Crippen MR) is 60.4 cm³/mol. The van der Waals surface area contributed by atoms with Gasteiger partial charge in [-0.05, 0) is 0 Å². The van der Waals surface area contributed by atoms with Crippen LogP contribution in [0.2, 0.25) is 0 Å². The van der Waals surface area contributed by atoms with Gasteiger partial charge in [-0.3, -0.25) is 24.3 Å². The van der Waals surface area contributed by atoms with Crippen LogP contribution in [0, 0.1) is 0 Å². The van der Waals surface area contributed by atoms with Crippen molar-refractivity contribution < 1.29 is 95.3 Å². The van der Waals surface area contributed by atoms with Crippen molar-refractivity contribution in [3.05, 3.63) is 0 Å². The summed E-state index contributed by atoms with van der Waals surface area (Å²) >= 11 is 0. The summed E-state index contributed by atoms with van der Waals surface area (Å²) in [5, 5.41) is 27.7. The van der Waals surface area contributed by atoms with Crippen LogP contribution in [0.1, 0.15) is 0 Å². The molecule has 0 aromatic rings. The smallest absolute Gasteiger partial charge is 0.549 e. The third-order valence-electron chi connectivity index (χ3n) is 2.24. The summed E-state index contributed by atoms with van der Waals surface area (Å²) in [6.45, 7) is -2.94. The van der Waals surface area contributed by atoms with E-state index >= 15 is 0 Å². The second kappa shape index (κ2) is 12.9. The van der Waals surface area contributed by atoms with Crippen molar-refractivity contribution in [2.24, 2.45) is 0 Å². The summed E-state index contributed by atoms with van der Waals surface area (Å²) in [5.41, 5.74) is 0. The van der Waals surface area contributed by atoms with Crippen molar-refractivity contribution in [1.82, 2.24) is 9.80 Å². The molecular formula is C10H14FKN2O8. The number of hydrogen-bond acceptors (Lipinski definition) is 8. The van der Waals surface area contributed by atoms with Gasteiger partial charge in [0.15, 0.2) is 0 Å². The van der Waals surface area contributed by atoms with Gasteiger partial charge >= 0.3 is 69.3 Å². The predicted octanol–water partition coefficient (Wildman–Crippen LogP) is -6.06. The molecule has 12 heteroatoms. The van der Waals surface area contributed by atoms with Crippen molar-refractivity contribution >= 4 is 23.9 Å². The first-order chi connectivity index (χ1) is 9.74. The van der Waals surface area contributed by atoms with Gasteiger partial charge in [0.05, 0.1) is 19.1 Å². The van der Waals surface area contributed by atoms with Crippen LogP contribution in [0.3, 0.4) is 0 Å². The summed E-state index contributed by atoms with van der Waals surface area (Å²) < 4.78 is 11.6. The van der Waals surface area contributed by atoms with Crippen molar-refractivity contribution in [3.8, 4) is 0 Å². The van der Waals surface area contributed by atoms with Crippen LogP contribution in [0.25, 0.3) is 0 Å². The molecule has 0 radical (unpaired) electrons. The maximum Gasteiger partial charge on any atom is 1.00 e. The SMILES string of the molecule is O=C([O-])CN(CCN(CC(=O)O)CC(=O)O)CC(=O)OF.[K+]. The summed E-state index contributed by atoms with van der Waals surface area (Å²) in [4.78, 5) is 47.2. The van der Waals surface area contributed by atoms with Gasteiger partial charge < -0.3 is 20.1 Å². The van der Waals surface area contributed by atoms with Crippen LogP contribution in [-0.2, 0) is 24.1 Å². The monoisotopic (exact) mass is 348 g/mol.